The first-order valence-electron chi connectivity index (χ1n) is 56.4. The van der Waals surface area contributed by atoms with Crippen molar-refractivity contribution < 1.29 is 57.6 Å². The fraction of sp³-hybridized carbons (Fsp3) is 0.811. The molecule has 12 aliphatic rings. The highest BCUT2D eigenvalue weighted by Crippen LogP contribution is 2.37. The third-order valence-corrected chi connectivity index (χ3v) is 30.3. The Morgan fingerprint density at radius 1 is 0.219 bits per heavy atom. The molecule has 0 unspecified atom stereocenters. The van der Waals surface area contributed by atoms with Gasteiger partial charge < -0.3 is 159 Å². The summed E-state index contributed by atoms with van der Waals surface area (Å²) in [7, 11) is 4.40. The van der Waals surface area contributed by atoms with Gasteiger partial charge in [0.05, 0.1) is 163 Å². The number of likely N-dealkylation sites (tertiary alicyclic amines) is 2. The molecule has 0 radical (unpaired) electrons. The number of likely N-dealkylation sites (N-methyl/N-ethyl adjacent to an activating group) is 2. The summed E-state index contributed by atoms with van der Waals surface area (Å²) in [4.78, 5) is 67.0. The number of β-amino-alcohol motifs (C(OH)–C–C–N with tert-alkyl or cyclic N) is 2. The normalized spacial score (nSPS) is 19.9. The molecule has 40 nitrogen and oxygen atoms in total. The predicted molar refractivity (Wildman–Crippen MR) is 589 cm³/mol. The second-order valence-electron chi connectivity index (χ2n) is 41.2. The molecule has 16 heterocycles. The second-order valence-corrected chi connectivity index (χ2v) is 41.2. The van der Waals surface area contributed by atoms with Crippen molar-refractivity contribution in [2.75, 3.05) is 549 Å². The summed E-state index contributed by atoms with van der Waals surface area (Å²) in [6, 6.07) is 8.18. The Hall–Kier alpha value is -6.76. The van der Waals surface area contributed by atoms with Crippen LogP contribution >= 0.6 is 0 Å². The average molecular weight is 2050 g/mol. The van der Waals surface area contributed by atoms with E-state index in [0.717, 1.165) is 439 Å². The van der Waals surface area contributed by atoms with Gasteiger partial charge in [0, 0.05) is 354 Å². The summed E-state index contributed by atoms with van der Waals surface area (Å²) in [5.74, 6) is 4.01. The minimum atomic E-state index is 0.247. The van der Waals surface area contributed by atoms with Gasteiger partial charge in [-0.3, -0.25) is 19.6 Å². The molecule has 10 N–H and O–H groups in total. The van der Waals surface area contributed by atoms with Gasteiger partial charge in [0.1, 0.15) is 0 Å². The quantitative estimate of drug-likeness (QED) is 0.0346. The van der Waals surface area contributed by atoms with E-state index in [-0.39, 0.29) is 13.2 Å². The molecule has 12 aliphatic heterocycles. The van der Waals surface area contributed by atoms with Gasteiger partial charge in [-0.15, -0.1) is 0 Å². The van der Waals surface area contributed by atoms with E-state index < -0.39 is 0 Å². The summed E-state index contributed by atoms with van der Waals surface area (Å²) in [6.07, 6.45) is 21.1. The number of nitrogens with zero attached hydrogens (tertiary/aromatic N) is 24. The van der Waals surface area contributed by atoms with Crippen LogP contribution in [0.4, 0.5) is 68.8 Å². The van der Waals surface area contributed by atoms with Gasteiger partial charge in [-0.05, 0) is 142 Å². The highest BCUT2D eigenvalue weighted by atomic mass is 16.5. The lowest BCUT2D eigenvalue weighted by atomic mass is 10.2. The fourth-order valence-electron chi connectivity index (χ4n) is 21.3. The van der Waals surface area contributed by atoms with Crippen molar-refractivity contribution in [1.29, 1.82) is 0 Å². The molecule has 4 aromatic rings. The largest absolute Gasteiger partial charge is 0.397 e. The van der Waals surface area contributed by atoms with Crippen LogP contribution in [-0.4, -0.2) is 576 Å². The van der Waals surface area contributed by atoms with Crippen molar-refractivity contribution in [3.8, 4) is 0 Å². The summed E-state index contributed by atoms with van der Waals surface area (Å²) in [5, 5.41) is 18.2. The predicted octanol–water partition coefficient (Wildman–Crippen LogP) is 2.99. The lowest BCUT2D eigenvalue weighted by Crippen LogP contribution is -2.47. The number of hydrogen-bond acceptors (Lipinski definition) is 40. The van der Waals surface area contributed by atoms with Gasteiger partial charge in [0.2, 0.25) is 0 Å². The molecule has 0 saturated carbocycles. The lowest BCUT2D eigenvalue weighted by molar-refractivity contribution is 0.0321. The van der Waals surface area contributed by atoms with E-state index in [1.807, 2.05) is 12.1 Å². The van der Waals surface area contributed by atoms with Crippen LogP contribution in [0.15, 0.2) is 49.1 Å². The maximum Gasteiger partial charge on any atom is 0.152 e. The Kier molecular flexibility index (Phi) is 54.4. The molecule has 0 bridgehead atoms. The van der Waals surface area contributed by atoms with Crippen LogP contribution in [0, 0.1) is 0 Å². The van der Waals surface area contributed by atoms with Crippen molar-refractivity contribution in [1.82, 2.24) is 78.7 Å². The number of fused-ring (bicyclic) bond motifs is 4. The third-order valence-electron chi connectivity index (χ3n) is 30.3. The zero-order valence-corrected chi connectivity index (χ0v) is 90.0. The minimum absolute atomic E-state index is 0.247. The molecule has 16 rings (SSSR count). The molecule has 40 heteroatoms. The van der Waals surface area contributed by atoms with Crippen LogP contribution in [-0.2, 0) is 47.4 Å². The molecule has 0 atom stereocenters. The van der Waals surface area contributed by atoms with E-state index in [0.29, 0.717) is 49.2 Å². The summed E-state index contributed by atoms with van der Waals surface area (Å²) < 4.78 is 58.6. The van der Waals surface area contributed by atoms with Gasteiger partial charge in [0.25, 0.3) is 0 Å². The number of rotatable bonds is 60. The highest BCUT2D eigenvalue weighted by molar-refractivity contribution is 5.76. The van der Waals surface area contributed by atoms with Crippen LogP contribution in [0.1, 0.15) is 77.0 Å². The van der Waals surface area contributed by atoms with Gasteiger partial charge in [-0.2, -0.15) is 0 Å². The average Bonchev–Trinajstić information content (AvgIpc) is 0.876. The molecule has 146 heavy (non-hydrogen) atoms. The molecule has 8 fully saturated rings. The number of nitrogens with two attached hydrogens (primary N) is 4. The smallest absolute Gasteiger partial charge is 0.152 e. The van der Waals surface area contributed by atoms with Gasteiger partial charge >= 0.3 is 0 Å². The third kappa shape index (κ3) is 42.4. The zero-order chi connectivity index (χ0) is 101. The van der Waals surface area contributed by atoms with Crippen LogP contribution in [0.5, 0.6) is 0 Å². The number of aliphatic hydroxyl groups excluding tert-OH is 2. The summed E-state index contributed by atoms with van der Waals surface area (Å²) >= 11 is 0. The van der Waals surface area contributed by atoms with E-state index in [9.17, 15) is 0 Å². The number of hydrogen-bond donors (Lipinski definition) is 6. The number of aliphatic hydroxyl groups is 2. The van der Waals surface area contributed by atoms with Crippen LogP contribution < -0.4 is 62.1 Å². The van der Waals surface area contributed by atoms with E-state index in [2.05, 4.69) is 139 Å². The first-order chi connectivity index (χ1) is 71.8. The van der Waals surface area contributed by atoms with Crippen LogP contribution in [0.2, 0.25) is 0 Å². The number of morpholine rings is 2. The molecule has 828 valence electrons. The number of piperazine rings is 4. The number of aromatic nitrogens is 4. The molecule has 8 saturated heterocycles. The first-order valence-corrected chi connectivity index (χ1v) is 56.4. The fourth-order valence-corrected chi connectivity index (χ4v) is 21.3. The Bertz CT molecular complexity index is 4070. The van der Waals surface area contributed by atoms with Crippen molar-refractivity contribution in [2.24, 2.45) is 0 Å². The Morgan fingerprint density at radius 2 is 0.397 bits per heavy atom. The van der Waals surface area contributed by atoms with Gasteiger partial charge in [-0.25, -0.2) is 19.9 Å². The lowest BCUT2D eigenvalue weighted by Gasteiger charge is -2.38. The molecule has 0 spiro atoms. The molecule has 4 aromatic heterocycles. The number of ether oxygens (including phenoxy) is 10. The van der Waals surface area contributed by atoms with Crippen molar-refractivity contribution in [3.05, 3.63) is 49.1 Å². The van der Waals surface area contributed by atoms with Crippen LogP contribution in [0.3, 0.4) is 0 Å². The number of nitrogen functional groups attached to an aromatic ring is 4. The minimum Gasteiger partial charge on any atom is -0.397 e. The standard InChI is InChI=1S/C29H54N8O4.C27H50N8O2.C25H44N6O4.C25H44N6O2/c30-27-25-28-29(31-26-27)37(18-24-41-22-2-4-33-7-11-35(12-8-33)16-20-39)14-13-36(28)17-23-40-21-1-3-32-5-9-34(10-6-32)15-19-38;1-30-7-11-32(12-8-30)5-3-19-36-21-17-34-15-16-35(27-26(34)23-25(28)24-29-27)18-22-37-20-4-6-33-13-9-31(2)10-14-33;26-23-21-24-25(27-22-23)31(12-20-33-14-2-4-29-9-17-35-18-10-29)6-5-30(24)11-19-32-13-1-3-28-7-15-34-16-8-28;26-23-21-24-25(27-22-23)31(16-20-33-18-6-12-29-9-3-4-10-29)14-13-30(24)15-19-32-17-5-11-28-7-1-2-8-28/h25-26,38-39H,1-24,30H2;23-24H,3-22,28H2,1-2H3;21-22H,1-20,26H2;21-22H,1-20,26H2. The molecule has 0 amide bonds. The number of pyridine rings is 4. The van der Waals surface area contributed by atoms with E-state index in [1.165, 1.54) is 117 Å². The maximum atomic E-state index is 9.10. The van der Waals surface area contributed by atoms with Crippen LogP contribution in [0.25, 0.3) is 0 Å². The van der Waals surface area contributed by atoms with Crippen molar-refractivity contribution >= 4 is 68.8 Å². The highest BCUT2D eigenvalue weighted by Gasteiger charge is 2.31. The number of anilines is 12. The Balaban J connectivity index is 0.000000163. The van der Waals surface area contributed by atoms with Crippen molar-refractivity contribution in [2.45, 2.75) is 77.0 Å². The first kappa shape index (κ1) is 116. The van der Waals surface area contributed by atoms with E-state index in [4.69, 9.17) is 85.5 Å². The summed E-state index contributed by atoms with van der Waals surface area (Å²) in [5.41, 5.74) is 31.6. The second kappa shape index (κ2) is 68.3. The summed E-state index contributed by atoms with van der Waals surface area (Å²) in [6.45, 7) is 68.0. The molecular weight excluding hydrogens is 1860 g/mol. The molecule has 0 aliphatic carbocycles. The SMILES string of the molecule is CN1CCN(CCCOCCN2CCN(CCOCCCN3CCN(C)CC3)c3ncc(N)cc32)CC1.Nc1cnc2c(c1)N(CCOCCCN1CCCC1)CCN2CCOCCCN1CCCC1.Nc1cnc2c(c1)N(CCOCCCN1CCN(CCO)CC1)CCN2CCOCCCN1CCN(CCO)CC1.Nc1cnc2c(c1)N(CCOCCCN1CCOCC1)CCN2CCOCCCN1CCOCC1. The van der Waals surface area contributed by atoms with Gasteiger partial charge in [0.15, 0.2) is 23.3 Å². The Morgan fingerprint density at radius 3 is 0.610 bits per heavy atom. The van der Waals surface area contributed by atoms with Gasteiger partial charge in [-0.1, -0.05) is 0 Å². The zero-order valence-electron chi connectivity index (χ0n) is 90.0. The topological polar surface area (TPSA) is 353 Å². The Labute approximate surface area is 875 Å². The van der Waals surface area contributed by atoms with E-state index in [1.54, 1.807) is 24.8 Å². The van der Waals surface area contributed by atoms with Crippen molar-refractivity contribution in [3.63, 3.8) is 0 Å². The maximum absolute atomic E-state index is 9.10. The monoisotopic (exact) mass is 2050 g/mol. The molecular formula is C106H192N28O12. The van der Waals surface area contributed by atoms with E-state index >= 15 is 0 Å². The molecule has 0 aromatic carbocycles.